The van der Waals surface area contributed by atoms with Crippen molar-refractivity contribution in [3.8, 4) is 11.4 Å². The summed E-state index contributed by atoms with van der Waals surface area (Å²) in [6.07, 6.45) is 0. The van der Waals surface area contributed by atoms with Crippen LogP contribution in [0.2, 0.25) is 5.02 Å². The van der Waals surface area contributed by atoms with E-state index in [4.69, 9.17) is 16.7 Å². The predicted molar refractivity (Wildman–Crippen MR) is 100 cm³/mol. The third-order valence-electron chi connectivity index (χ3n) is 4.07. The molecule has 2 aromatic carbocycles. The summed E-state index contributed by atoms with van der Waals surface area (Å²) >= 11 is 6.39. The largest absolute Gasteiger partial charge is 0.395 e. The van der Waals surface area contributed by atoms with Crippen molar-refractivity contribution >= 4 is 39.2 Å². The van der Waals surface area contributed by atoms with Crippen LogP contribution < -0.4 is 10.9 Å². The monoisotopic (exact) mass is 372 g/mol. The molecule has 6 nitrogen and oxygen atoms in total. The summed E-state index contributed by atoms with van der Waals surface area (Å²) in [6.45, 7) is 0.444. The molecule has 0 bridgehead atoms. The quantitative estimate of drug-likeness (QED) is 0.442. The van der Waals surface area contributed by atoms with Gasteiger partial charge in [0.15, 0.2) is 0 Å². The summed E-state index contributed by atoms with van der Waals surface area (Å²) in [5.41, 5.74) is 2.37. The molecule has 26 heavy (non-hydrogen) atoms. The number of aliphatic hydroxyl groups is 1. The molecule has 0 fully saturated rings. The zero-order valence-corrected chi connectivity index (χ0v) is 14.2. The number of rotatable bonds is 4. The molecule has 2 aromatic heterocycles. The Morgan fingerprint density at radius 1 is 1.15 bits per heavy atom. The first kappa shape index (κ1) is 16.6. The number of aromatic nitrogens is 3. The minimum absolute atomic E-state index is 0.0187. The maximum Gasteiger partial charge on any atom is 0.260 e. The van der Waals surface area contributed by atoms with E-state index in [2.05, 4.69) is 20.3 Å². The van der Waals surface area contributed by atoms with Crippen LogP contribution in [0.3, 0.4) is 0 Å². The molecule has 8 heteroatoms. The van der Waals surface area contributed by atoms with E-state index in [0.717, 1.165) is 5.69 Å². The molecule has 0 aliphatic rings. The van der Waals surface area contributed by atoms with Gasteiger partial charge < -0.3 is 20.4 Å². The standard InChI is InChI=1S/C18H14ClFN4O2/c19-16-11-7-9(20)1-3-12(11)24-18(26)15(16)17-22-13-4-2-10(21-5-6-25)8-14(13)23-17/h1-4,7-8,21,25H,5-6H2,(H,22,23)(H,24,26). The molecule has 4 N–H and O–H groups in total. The van der Waals surface area contributed by atoms with Crippen LogP contribution in [0, 0.1) is 5.82 Å². The number of H-pyrrole nitrogens is 2. The van der Waals surface area contributed by atoms with E-state index in [0.29, 0.717) is 34.3 Å². The van der Waals surface area contributed by atoms with Gasteiger partial charge in [0, 0.05) is 17.6 Å². The number of halogens is 2. The Kier molecular flexibility index (Phi) is 4.10. The molecule has 0 aliphatic carbocycles. The molecule has 132 valence electrons. The van der Waals surface area contributed by atoms with Crippen molar-refractivity contribution in [3.63, 3.8) is 0 Å². The van der Waals surface area contributed by atoms with E-state index < -0.39 is 11.4 Å². The average molecular weight is 373 g/mol. The third kappa shape index (κ3) is 2.81. The number of benzene rings is 2. The Labute approximate surface area is 151 Å². The highest BCUT2D eigenvalue weighted by Crippen LogP contribution is 2.31. The van der Waals surface area contributed by atoms with Crippen molar-refractivity contribution in [2.24, 2.45) is 0 Å². The first-order valence-corrected chi connectivity index (χ1v) is 8.30. The summed E-state index contributed by atoms with van der Waals surface area (Å²) in [5, 5.41) is 12.5. The Hall–Kier alpha value is -2.90. The van der Waals surface area contributed by atoms with Crippen molar-refractivity contribution in [3.05, 3.63) is 57.6 Å². The summed E-state index contributed by atoms with van der Waals surface area (Å²) in [7, 11) is 0. The van der Waals surface area contributed by atoms with Crippen LogP contribution in [0.1, 0.15) is 0 Å². The zero-order valence-electron chi connectivity index (χ0n) is 13.4. The van der Waals surface area contributed by atoms with Crippen LogP contribution in [0.4, 0.5) is 10.1 Å². The minimum atomic E-state index is -0.443. The van der Waals surface area contributed by atoms with Gasteiger partial charge in [0.25, 0.3) is 5.56 Å². The average Bonchev–Trinajstić information content (AvgIpc) is 3.03. The Morgan fingerprint density at radius 3 is 2.81 bits per heavy atom. The number of pyridine rings is 1. The lowest BCUT2D eigenvalue weighted by molar-refractivity contribution is 0.311. The molecule has 0 radical (unpaired) electrons. The van der Waals surface area contributed by atoms with Gasteiger partial charge in [0.05, 0.1) is 28.2 Å². The number of nitrogens with one attached hydrogen (secondary N) is 3. The number of nitrogens with zero attached hydrogens (tertiary/aromatic N) is 1. The third-order valence-corrected chi connectivity index (χ3v) is 4.47. The summed E-state index contributed by atoms with van der Waals surface area (Å²) < 4.78 is 13.6. The molecule has 4 rings (SSSR count). The second kappa shape index (κ2) is 6.44. The van der Waals surface area contributed by atoms with E-state index in [1.807, 2.05) is 12.1 Å². The van der Waals surface area contributed by atoms with Crippen molar-refractivity contribution in [2.45, 2.75) is 0 Å². The van der Waals surface area contributed by atoms with Crippen LogP contribution in [-0.2, 0) is 0 Å². The Balaban J connectivity index is 1.88. The molecule has 0 amide bonds. The highest BCUT2D eigenvalue weighted by Gasteiger charge is 2.17. The van der Waals surface area contributed by atoms with Crippen LogP contribution >= 0.6 is 11.6 Å². The molecule has 0 saturated heterocycles. The van der Waals surface area contributed by atoms with Gasteiger partial charge >= 0.3 is 0 Å². The molecule has 0 unspecified atom stereocenters. The van der Waals surface area contributed by atoms with E-state index in [9.17, 15) is 9.18 Å². The van der Waals surface area contributed by atoms with Gasteiger partial charge in [-0.2, -0.15) is 0 Å². The van der Waals surface area contributed by atoms with Crippen LogP contribution in [0.25, 0.3) is 33.3 Å². The normalized spacial score (nSPS) is 11.3. The SMILES string of the molecule is O=c1[nH]c2ccc(F)cc2c(Cl)c1-c1nc2ccc(NCCO)cc2[nH]1. The lowest BCUT2D eigenvalue weighted by atomic mass is 10.1. The lowest BCUT2D eigenvalue weighted by Crippen LogP contribution is -2.10. The highest BCUT2D eigenvalue weighted by molar-refractivity contribution is 6.37. The molecule has 0 aliphatic heterocycles. The van der Waals surface area contributed by atoms with Crippen molar-refractivity contribution in [1.29, 1.82) is 0 Å². The number of fused-ring (bicyclic) bond motifs is 2. The number of anilines is 1. The Bertz CT molecular complexity index is 1190. The molecule has 2 heterocycles. The van der Waals surface area contributed by atoms with Gasteiger partial charge in [-0.1, -0.05) is 11.6 Å². The fourth-order valence-corrected chi connectivity index (χ4v) is 3.21. The minimum Gasteiger partial charge on any atom is -0.395 e. The fraction of sp³-hybridized carbons (Fsp3) is 0.111. The van der Waals surface area contributed by atoms with Crippen molar-refractivity contribution < 1.29 is 9.50 Å². The van der Waals surface area contributed by atoms with Gasteiger partial charge in [0.1, 0.15) is 17.2 Å². The predicted octanol–water partition coefficient (Wildman–Crippen LogP) is 3.27. The van der Waals surface area contributed by atoms with Crippen molar-refractivity contribution in [2.75, 3.05) is 18.5 Å². The second-order valence-corrected chi connectivity index (χ2v) is 6.18. The summed E-state index contributed by atoms with van der Waals surface area (Å²) in [4.78, 5) is 22.7. The molecule has 0 saturated carbocycles. The number of aromatic amines is 2. The number of hydrogen-bond donors (Lipinski definition) is 4. The van der Waals surface area contributed by atoms with Gasteiger partial charge in [-0.15, -0.1) is 0 Å². The molecular formula is C18H14ClFN4O2. The zero-order chi connectivity index (χ0) is 18.3. The molecule has 0 atom stereocenters. The number of imidazole rings is 1. The van der Waals surface area contributed by atoms with E-state index in [1.165, 1.54) is 18.2 Å². The van der Waals surface area contributed by atoms with Gasteiger partial charge in [-0.05, 0) is 36.4 Å². The molecule has 0 spiro atoms. The van der Waals surface area contributed by atoms with E-state index in [-0.39, 0.29) is 17.2 Å². The second-order valence-electron chi connectivity index (χ2n) is 5.80. The smallest absolute Gasteiger partial charge is 0.260 e. The highest BCUT2D eigenvalue weighted by atomic mass is 35.5. The van der Waals surface area contributed by atoms with E-state index >= 15 is 0 Å². The van der Waals surface area contributed by atoms with Crippen LogP contribution in [0.5, 0.6) is 0 Å². The summed E-state index contributed by atoms with van der Waals surface area (Å²) in [6, 6.07) is 9.44. The van der Waals surface area contributed by atoms with Gasteiger partial charge in [-0.25, -0.2) is 9.37 Å². The Morgan fingerprint density at radius 2 is 2.00 bits per heavy atom. The van der Waals surface area contributed by atoms with Crippen LogP contribution in [-0.4, -0.2) is 33.2 Å². The number of hydrogen-bond acceptors (Lipinski definition) is 4. The van der Waals surface area contributed by atoms with Crippen molar-refractivity contribution in [1.82, 2.24) is 15.0 Å². The maximum absolute atomic E-state index is 13.6. The van der Waals surface area contributed by atoms with E-state index in [1.54, 1.807) is 6.07 Å². The topological polar surface area (TPSA) is 93.8 Å². The fourth-order valence-electron chi connectivity index (χ4n) is 2.88. The van der Waals surface area contributed by atoms with Gasteiger partial charge in [0.2, 0.25) is 0 Å². The lowest BCUT2D eigenvalue weighted by Gasteiger charge is -2.05. The molecular weight excluding hydrogens is 359 g/mol. The first-order chi connectivity index (χ1) is 12.6. The maximum atomic E-state index is 13.6. The first-order valence-electron chi connectivity index (χ1n) is 7.93. The number of aliphatic hydroxyl groups excluding tert-OH is 1. The summed E-state index contributed by atoms with van der Waals surface area (Å²) in [5.74, 6) is -0.140. The molecule has 4 aromatic rings. The van der Waals surface area contributed by atoms with Crippen LogP contribution in [0.15, 0.2) is 41.2 Å². The van der Waals surface area contributed by atoms with Gasteiger partial charge in [-0.3, -0.25) is 4.79 Å².